The zero-order chi connectivity index (χ0) is 20.1. The molecule has 0 aliphatic carbocycles. The Kier molecular flexibility index (Phi) is 6.59. The predicted octanol–water partition coefficient (Wildman–Crippen LogP) is 3.53. The number of methoxy groups -OCH3 is 1. The van der Waals surface area contributed by atoms with Gasteiger partial charge in [-0.1, -0.05) is 29.8 Å². The summed E-state index contributed by atoms with van der Waals surface area (Å²) in [4.78, 5) is 12.5. The standard InChI is InChI=1S/C20H23ClN2O4S/c1-27-19-7-3-6-18(13-19)22-20(24)16-8-10-23(11-9-16)28(25,26)14-15-4-2-5-17(21)12-15/h2-7,12-13,16H,8-11,14H2,1H3,(H,22,24). The van der Waals surface area contributed by atoms with Crippen molar-refractivity contribution in [3.8, 4) is 5.75 Å². The number of hydrogen-bond donors (Lipinski definition) is 1. The zero-order valence-electron chi connectivity index (χ0n) is 15.6. The van der Waals surface area contributed by atoms with Crippen LogP contribution in [-0.2, 0) is 20.6 Å². The van der Waals surface area contributed by atoms with E-state index in [0.29, 0.717) is 48.0 Å². The van der Waals surface area contributed by atoms with Crippen molar-refractivity contribution in [3.05, 3.63) is 59.1 Å². The number of carbonyl (C=O) groups excluding carboxylic acids is 1. The fourth-order valence-corrected chi connectivity index (χ4v) is 5.03. The van der Waals surface area contributed by atoms with Gasteiger partial charge in [-0.15, -0.1) is 0 Å². The summed E-state index contributed by atoms with van der Waals surface area (Å²) in [5.74, 6) is 0.262. The lowest BCUT2D eigenvalue weighted by Crippen LogP contribution is -2.41. The van der Waals surface area contributed by atoms with Gasteiger partial charge in [0, 0.05) is 35.8 Å². The Morgan fingerprint density at radius 3 is 2.57 bits per heavy atom. The number of rotatable bonds is 6. The first-order chi connectivity index (χ1) is 13.4. The minimum atomic E-state index is -3.44. The molecule has 1 fully saturated rings. The number of hydrogen-bond acceptors (Lipinski definition) is 4. The van der Waals surface area contributed by atoms with E-state index in [0.717, 1.165) is 0 Å². The normalized spacial score (nSPS) is 15.9. The third-order valence-electron chi connectivity index (χ3n) is 4.79. The Hall–Kier alpha value is -2.09. The fourth-order valence-electron chi connectivity index (χ4n) is 3.27. The third-order valence-corrected chi connectivity index (χ3v) is 6.88. The molecule has 1 aliphatic rings. The molecule has 150 valence electrons. The van der Waals surface area contributed by atoms with Gasteiger partial charge in [0.1, 0.15) is 5.75 Å². The van der Waals surface area contributed by atoms with E-state index in [4.69, 9.17) is 16.3 Å². The van der Waals surface area contributed by atoms with Crippen LogP contribution in [0.25, 0.3) is 0 Å². The second kappa shape index (κ2) is 8.94. The van der Waals surface area contributed by atoms with Gasteiger partial charge in [-0.3, -0.25) is 4.79 Å². The Morgan fingerprint density at radius 1 is 1.18 bits per heavy atom. The lowest BCUT2D eigenvalue weighted by molar-refractivity contribution is -0.120. The molecule has 3 rings (SSSR count). The molecule has 0 bridgehead atoms. The summed E-state index contributed by atoms with van der Waals surface area (Å²) in [5.41, 5.74) is 1.32. The SMILES string of the molecule is COc1cccc(NC(=O)C2CCN(S(=O)(=O)Cc3cccc(Cl)c3)CC2)c1. The van der Waals surface area contributed by atoms with Crippen LogP contribution in [0.5, 0.6) is 5.75 Å². The molecular formula is C20H23ClN2O4S. The Bertz CT molecular complexity index is 941. The van der Waals surface area contributed by atoms with Gasteiger partial charge in [-0.2, -0.15) is 0 Å². The molecule has 6 nitrogen and oxygen atoms in total. The highest BCUT2D eigenvalue weighted by molar-refractivity contribution is 7.88. The largest absolute Gasteiger partial charge is 0.497 e. The predicted molar refractivity (Wildman–Crippen MR) is 110 cm³/mol. The fraction of sp³-hybridized carbons (Fsp3) is 0.350. The van der Waals surface area contributed by atoms with E-state index < -0.39 is 10.0 Å². The minimum Gasteiger partial charge on any atom is -0.497 e. The molecule has 0 radical (unpaired) electrons. The van der Waals surface area contributed by atoms with Crippen LogP contribution < -0.4 is 10.1 Å². The zero-order valence-corrected chi connectivity index (χ0v) is 17.2. The molecule has 1 aliphatic heterocycles. The van der Waals surface area contributed by atoms with Crippen molar-refractivity contribution >= 4 is 33.2 Å². The van der Waals surface area contributed by atoms with E-state index in [1.54, 1.807) is 55.6 Å². The molecule has 0 unspecified atom stereocenters. The number of piperidine rings is 1. The number of nitrogens with one attached hydrogen (secondary N) is 1. The highest BCUT2D eigenvalue weighted by Crippen LogP contribution is 2.24. The second-order valence-corrected chi connectivity index (χ2v) is 9.19. The topological polar surface area (TPSA) is 75.7 Å². The lowest BCUT2D eigenvalue weighted by atomic mass is 9.97. The Labute approximate surface area is 170 Å². The quantitative estimate of drug-likeness (QED) is 0.772. The number of ether oxygens (including phenoxy) is 1. The molecule has 1 saturated heterocycles. The first-order valence-electron chi connectivity index (χ1n) is 9.04. The van der Waals surface area contributed by atoms with Crippen LogP contribution >= 0.6 is 11.6 Å². The van der Waals surface area contributed by atoms with Gasteiger partial charge >= 0.3 is 0 Å². The van der Waals surface area contributed by atoms with Crippen molar-refractivity contribution in [1.29, 1.82) is 0 Å². The van der Waals surface area contributed by atoms with Crippen molar-refractivity contribution in [2.24, 2.45) is 5.92 Å². The number of amides is 1. The monoisotopic (exact) mass is 422 g/mol. The van der Waals surface area contributed by atoms with Gasteiger partial charge in [0.15, 0.2) is 0 Å². The van der Waals surface area contributed by atoms with Gasteiger partial charge in [0.05, 0.1) is 12.9 Å². The second-order valence-electron chi connectivity index (χ2n) is 6.78. The summed E-state index contributed by atoms with van der Waals surface area (Å²) in [6, 6.07) is 14.0. The average Bonchev–Trinajstić information content (AvgIpc) is 2.68. The highest BCUT2D eigenvalue weighted by atomic mass is 35.5. The van der Waals surface area contributed by atoms with Gasteiger partial charge < -0.3 is 10.1 Å². The number of nitrogens with zero attached hydrogens (tertiary/aromatic N) is 1. The average molecular weight is 423 g/mol. The van der Waals surface area contributed by atoms with Gasteiger partial charge in [-0.25, -0.2) is 12.7 Å². The van der Waals surface area contributed by atoms with Gasteiger partial charge in [-0.05, 0) is 42.7 Å². The number of halogens is 1. The van der Waals surface area contributed by atoms with Crippen LogP contribution in [0.4, 0.5) is 5.69 Å². The molecule has 8 heteroatoms. The van der Waals surface area contributed by atoms with Crippen molar-refractivity contribution in [3.63, 3.8) is 0 Å². The minimum absolute atomic E-state index is 0.0891. The molecule has 28 heavy (non-hydrogen) atoms. The molecule has 0 atom stereocenters. The number of anilines is 1. The van der Waals surface area contributed by atoms with Crippen molar-refractivity contribution < 1.29 is 17.9 Å². The molecule has 2 aromatic carbocycles. The summed E-state index contributed by atoms with van der Waals surface area (Å²) in [5, 5.41) is 3.40. The van der Waals surface area contributed by atoms with Gasteiger partial charge in [0.2, 0.25) is 15.9 Å². The van der Waals surface area contributed by atoms with Gasteiger partial charge in [0.25, 0.3) is 0 Å². The molecular weight excluding hydrogens is 400 g/mol. The van der Waals surface area contributed by atoms with E-state index in [1.807, 2.05) is 0 Å². The molecule has 1 amide bonds. The van der Waals surface area contributed by atoms with Crippen LogP contribution in [0.1, 0.15) is 18.4 Å². The lowest BCUT2D eigenvalue weighted by Gasteiger charge is -2.30. The Morgan fingerprint density at radius 2 is 1.89 bits per heavy atom. The van der Waals surface area contributed by atoms with Crippen molar-refractivity contribution in [1.82, 2.24) is 4.31 Å². The summed E-state index contributed by atoms with van der Waals surface area (Å²) < 4.78 is 32.0. The summed E-state index contributed by atoms with van der Waals surface area (Å²) in [6.07, 6.45) is 0.981. The maximum Gasteiger partial charge on any atom is 0.227 e. The van der Waals surface area contributed by atoms with Crippen molar-refractivity contribution in [2.45, 2.75) is 18.6 Å². The maximum atomic E-state index is 12.7. The third kappa shape index (κ3) is 5.25. The van der Waals surface area contributed by atoms with E-state index >= 15 is 0 Å². The maximum absolute atomic E-state index is 12.7. The molecule has 1 N–H and O–H groups in total. The highest BCUT2D eigenvalue weighted by Gasteiger charge is 2.31. The summed E-state index contributed by atoms with van der Waals surface area (Å²) in [6.45, 7) is 0.665. The van der Waals surface area contributed by atoms with E-state index in [9.17, 15) is 13.2 Å². The number of carbonyl (C=O) groups is 1. The molecule has 1 heterocycles. The smallest absolute Gasteiger partial charge is 0.227 e. The molecule has 0 aromatic heterocycles. The first-order valence-corrected chi connectivity index (χ1v) is 11.0. The van der Waals surface area contributed by atoms with E-state index in [-0.39, 0.29) is 17.6 Å². The molecule has 0 saturated carbocycles. The summed E-state index contributed by atoms with van der Waals surface area (Å²) >= 11 is 5.94. The van der Waals surface area contributed by atoms with Crippen LogP contribution in [0.2, 0.25) is 5.02 Å². The number of sulfonamides is 1. The Balaban J connectivity index is 1.56. The molecule has 2 aromatic rings. The van der Waals surface area contributed by atoms with E-state index in [2.05, 4.69) is 5.32 Å². The number of benzene rings is 2. The van der Waals surface area contributed by atoms with Crippen LogP contribution in [0, 0.1) is 5.92 Å². The van der Waals surface area contributed by atoms with Crippen LogP contribution in [-0.4, -0.2) is 38.8 Å². The van der Waals surface area contributed by atoms with Crippen LogP contribution in [0.15, 0.2) is 48.5 Å². The van der Waals surface area contributed by atoms with Crippen molar-refractivity contribution in [2.75, 3.05) is 25.5 Å². The van der Waals surface area contributed by atoms with Crippen LogP contribution in [0.3, 0.4) is 0 Å². The summed E-state index contributed by atoms with van der Waals surface area (Å²) in [7, 11) is -1.87. The molecule has 0 spiro atoms. The first kappa shape index (κ1) is 20.6. The van der Waals surface area contributed by atoms with E-state index in [1.165, 1.54) is 4.31 Å².